The first-order valence-corrected chi connectivity index (χ1v) is 10.7. The average molecular weight is 430 g/mol. The van der Waals surface area contributed by atoms with Gasteiger partial charge in [-0.2, -0.15) is 5.10 Å². The predicted molar refractivity (Wildman–Crippen MR) is 116 cm³/mol. The summed E-state index contributed by atoms with van der Waals surface area (Å²) in [7, 11) is 0. The molecule has 10 heteroatoms. The maximum atomic E-state index is 9.33. The summed E-state index contributed by atoms with van der Waals surface area (Å²) in [6, 6.07) is 3.76. The fourth-order valence-corrected chi connectivity index (χ4v) is 4.24. The van der Waals surface area contributed by atoms with Gasteiger partial charge in [0.1, 0.15) is 11.3 Å². The molecule has 0 spiro atoms. The summed E-state index contributed by atoms with van der Waals surface area (Å²) in [5.74, 6) is 0. The Hall–Kier alpha value is -3.63. The molecule has 10 nitrogen and oxygen atoms in total. The number of hydrogen-bond acceptors (Lipinski definition) is 7. The Balaban J connectivity index is 1.29. The molecule has 0 amide bonds. The fourth-order valence-electron chi connectivity index (χ4n) is 4.24. The number of ether oxygens (including phenoxy) is 1. The van der Waals surface area contributed by atoms with Crippen LogP contribution in [0.2, 0.25) is 0 Å². The van der Waals surface area contributed by atoms with Gasteiger partial charge in [0.15, 0.2) is 6.23 Å². The van der Waals surface area contributed by atoms with E-state index in [2.05, 4.69) is 25.4 Å². The van der Waals surface area contributed by atoms with Crippen molar-refractivity contribution >= 4 is 16.6 Å². The van der Waals surface area contributed by atoms with Gasteiger partial charge in [-0.3, -0.25) is 4.98 Å². The molecule has 5 aromatic heterocycles. The van der Waals surface area contributed by atoms with Crippen LogP contribution < -0.4 is 0 Å². The summed E-state index contributed by atoms with van der Waals surface area (Å²) >= 11 is 0. The van der Waals surface area contributed by atoms with Gasteiger partial charge >= 0.3 is 0 Å². The van der Waals surface area contributed by atoms with E-state index in [1.54, 1.807) is 10.9 Å². The van der Waals surface area contributed by atoms with Crippen molar-refractivity contribution in [3.8, 4) is 11.3 Å². The molecule has 0 aromatic carbocycles. The topological polar surface area (TPSA) is 108 Å². The lowest BCUT2D eigenvalue weighted by Gasteiger charge is -2.23. The van der Waals surface area contributed by atoms with Crippen LogP contribution >= 0.6 is 0 Å². The van der Waals surface area contributed by atoms with Gasteiger partial charge in [-0.1, -0.05) is 11.3 Å². The van der Waals surface area contributed by atoms with Gasteiger partial charge in [-0.25, -0.2) is 14.3 Å². The van der Waals surface area contributed by atoms with E-state index in [0.717, 1.165) is 64.9 Å². The molecular weight excluding hydrogens is 408 g/mol. The van der Waals surface area contributed by atoms with E-state index < -0.39 is 0 Å². The lowest BCUT2D eigenvalue weighted by atomic mass is 10.1. The molecular formula is C22H22N8O2. The first-order valence-electron chi connectivity index (χ1n) is 10.7. The smallest absolute Gasteiger partial charge is 0.150 e. The van der Waals surface area contributed by atoms with Gasteiger partial charge in [0.25, 0.3) is 0 Å². The van der Waals surface area contributed by atoms with Gasteiger partial charge < -0.3 is 14.2 Å². The summed E-state index contributed by atoms with van der Waals surface area (Å²) in [5, 5.41) is 23.6. The highest BCUT2D eigenvalue weighted by Crippen LogP contribution is 2.30. The van der Waals surface area contributed by atoms with Crippen molar-refractivity contribution in [3.63, 3.8) is 0 Å². The number of aliphatic hydroxyl groups excluding tert-OH is 1. The van der Waals surface area contributed by atoms with E-state index in [4.69, 9.17) is 4.74 Å². The maximum Gasteiger partial charge on any atom is 0.150 e. The number of aromatic nitrogens is 8. The molecule has 1 fully saturated rings. The lowest BCUT2D eigenvalue weighted by Crippen LogP contribution is -2.18. The molecule has 6 heterocycles. The van der Waals surface area contributed by atoms with Crippen LogP contribution in [0.15, 0.2) is 49.3 Å². The number of nitrogens with zero attached hydrogens (tertiary/aromatic N) is 8. The van der Waals surface area contributed by atoms with Crippen LogP contribution in [0.4, 0.5) is 0 Å². The van der Waals surface area contributed by atoms with Crippen molar-refractivity contribution in [3.05, 3.63) is 60.6 Å². The summed E-state index contributed by atoms with van der Waals surface area (Å²) in [6.45, 7) is 1.25. The third kappa shape index (κ3) is 3.33. The largest absolute Gasteiger partial charge is 0.392 e. The summed E-state index contributed by atoms with van der Waals surface area (Å²) in [6.07, 6.45) is 14.3. The third-order valence-corrected chi connectivity index (χ3v) is 5.84. The first kappa shape index (κ1) is 19.1. The number of pyridine rings is 2. The maximum absolute atomic E-state index is 9.33. The second-order valence-electron chi connectivity index (χ2n) is 8.02. The zero-order valence-corrected chi connectivity index (χ0v) is 17.4. The molecule has 1 N–H and O–H groups in total. The Labute approximate surface area is 183 Å². The Morgan fingerprint density at radius 1 is 1.09 bits per heavy atom. The number of aliphatic hydroxyl groups is 1. The highest BCUT2D eigenvalue weighted by molar-refractivity contribution is 5.92. The molecule has 1 aliphatic rings. The second-order valence-corrected chi connectivity index (χ2v) is 8.02. The lowest BCUT2D eigenvalue weighted by molar-refractivity contribution is -0.0367. The minimum absolute atomic E-state index is 0.00107. The minimum Gasteiger partial charge on any atom is -0.392 e. The molecule has 1 saturated heterocycles. The zero-order valence-electron chi connectivity index (χ0n) is 17.4. The van der Waals surface area contributed by atoms with E-state index in [-0.39, 0.29) is 12.8 Å². The molecule has 0 bridgehead atoms. The van der Waals surface area contributed by atoms with E-state index in [0.29, 0.717) is 6.54 Å². The van der Waals surface area contributed by atoms with Crippen molar-refractivity contribution in [1.82, 2.24) is 39.1 Å². The predicted octanol–water partition coefficient (Wildman–Crippen LogP) is 2.58. The van der Waals surface area contributed by atoms with Gasteiger partial charge in [0.05, 0.1) is 43.0 Å². The van der Waals surface area contributed by atoms with Crippen LogP contribution in [0, 0.1) is 0 Å². The van der Waals surface area contributed by atoms with Crippen LogP contribution in [-0.4, -0.2) is 50.9 Å². The van der Waals surface area contributed by atoms with Crippen molar-refractivity contribution in [2.75, 3.05) is 6.61 Å². The van der Waals surface area contributed by atoms with Gasteiger partial charge in [0.2, 0.25) is 0 Å². The number of imidazole rings is 1. The Morgan fingerprint density at radius 3 is 2.94 bits per heavy atom. The zero-order chi connectivity index (χ0) is 21.5. The van der Waals surface area contributed by atoms with Crippen LogP contribution in [0.3, 0.4) is 0 Å². The van der Waals surface area contributed by atoms with Crippen LogP contribution in [0.25, 0.3) is 27.8 Å². The molecule has 5 aromatic rings. The molecule has 1 atom stereocenters. The summed E-state index contributed by atoms with van der Waals surface area (Å²) in [4.78, 5) is 9.05. The fraction of sp³-hybridized carbons (Fsp3) is 0.318. The van der Waals surface area contributed by atoms with Crippen LogP contribution in [0.5, 0.6) is 0 Å². The molecule has 1 aliphatic heterocycles. The number of fused-ring (bicyclic) bond motifs is 2. The highest BCUT2D eigenvalue weighted by Gasteiger charge is 2.20. The quantitative estimate of drug-likeness (QED) is 0.456. The molecule has 0 aliphatic carbocycles. The number of hydrogen-bond donors (Lipinski definition) is 1. The molecule has 1 unspecified atom stereocenters. The van der Waals surface area contributed by atoms with Gasteiger partial charge in [-0.05, 0) is 30.9 Å². The monoisotopic (exact) mass is 430 g/mol. The van der Waals surface area contributed by atoms with Crippen LogP contribution in [-0.2, 0) is 17.9 Å². The third-order valence-electron chi connectivity index (χ3n) is 5.84. The van der Waals surface area contributed by atoms with E-state index in [1.165, 1.54) is 0 Å². The highest BCUT2D eigenvalue weighted by atomic mass is 16.5. The Bertz CT molecular complexity index is 1400. The first-order chi connectivity index (χ1) is 15.8. The SMILES string of the molecule is OCc1ccc2nc(Cn3cc(-c4cncc5c4cnn5C4CCCCO4)nn3)cn2c1. The van der Waals surface area contributed by atoms with Gasteiger partial charge in [-0.15, -0.1) is 5.10 Å². The summed E-state index contributed by atoms with van der Waals surface area (Å²) < 4.78 is 11.5. The molecule has 6 rings (SSSR count). The summed E-state index contributed by atoms with van der Waals surface area (Å²) in [5.41, 5.74) is 5.07. The molecule has 0 radical (unpaired) electrons. The molecule has 0 saturated carbocycles. The van der Waals surface area contributed by atoms with Crippen LogP contribution in [0.1, 0.15) is 36.7 Å². The minimum atomic E-state index is -0.0459. The van der Waals surface area contributed by atoms with Gasteiger partial charge in [0, 0.05) is 36.1 Å². The van der Waals surface area contributed by atoms with E-state index in [1.807, 2.05) is 52.2 Å². The van der Waals surface area contributed by atoms with E-state index >= 15 is 0 Å². The Kier molecular flexibility index (Phi) is 4.66. The molecule has 32 heavy (non-hydrogen) atoms. The van der Waals surface area contributed by atoms with Crippen molar-refractivity contribution in [1.29, 1.82) is 0 Å². The standard InChI is InChI=1S/C22H22N8O2/c31-14-15-4-5-21-25-16(11-28(21)10-15)12-29-13-19(26-27-29)17-7-23-9-20-18(17)8-24-30(20)22-3-1-2-6-32-22/h4-5,7-11,13,22,31H,1-3,6,12,14H2. The van der Waals surface area contributed by atoms with E-state index in [9.17, 15) is 5.11 Å². The Morgan fingerprint density at radius 2 is 2.06 bits per heavy atom. The normalized spacial score (nSPS) is 16.8. The number of rotatable bonds is 5. The van der Waals surface area contributed by atoms with Crippen molar-refractivity contribution in [2.45, 2.75) is 38.6 Å². The van der Waals surface area contributed by atoms with Crippen molar-refractivity contribution in [2.24, 2.45) is 0 Å². The average Bonchev–Trinajstić information content (AvgIpc) is 3.57. The second kappa shape index (κ2) is 7.81. The van der Waals surface area contributed by atoms with Crippen molar-refractivity contribution < 1.29 is 9.84 Å². The molecule has 162 valence electrons.